The summed E-state index contributed by atoms with van der Waals surface area (Å²) in [6, 6.07) is -0.200. The molecular weight excluding hydrogens is 216 g/mol. The summed E-state index contributed by atoms with van der Waals surface area (Å²) in [6.07, 6.45) is 2.92. The molecule has 6 nitrogen and oxygen atoms in total. The molecular formula is C8H16N4O2S. The van der Waals surface area contributed by atoms with Gasteiger partial charge in [-0.15, -0.1) is 0 Å². The SMILES string of the molecule is CC(N)CN(C)S(=O)(=O)c1cn(C)cn1. The number of rotatable bonds is 4. The molecule has 0 fully saturated rings. The van der Waals surface area contributed by atoms with E-state index in [0.717, 1.165) is 0 Å². The maximum atomic E-state index is 11.9. The Morgan fingerprint density at radius 1 is 1.67 bits per heavy atom. The minimum atomic E-state index is -3.49. The van der Waals surface area contributed by atoms with Crippen molar-refractivity contribution in [3.05, 3.63) is 12.5 Å². The molecule has 0 saturated heterocycles. The lowest BCUT2D eigenvalue weighted by Crippen LogP contribution is -2.37. The van der Waals surface area contributed by atoms with E-state index in [1.165, 1.54) is 23.9 Å². The van der Waals surface area contributed by atoms with Gasteiger partial charge in [0, 0.05) is 32.9 Å². The van der Waals surface area contributed by atoms with Gasteiger partial charge in [0.25, 0.3) is 10.0 Å². The van der Waals surface area contributed by atoms with Crippen molar-refractivity contribution >= 4 is 10.0 Å². The van der Waals surface area contributed by atoms with Crippen LogP contribution in [0.5, 0.6) is 0 Å². The molecule has 86 valence electrons. The van der Waals surface area contributed by atoms with Crippen molar-refractivity contribution in [2.24, 2.45) is 12.8 Å². The Labute approximate surface area is 89.8 Å². The van der Waals surface area contributed by atoms with E-state index in [-0.39, 0.29) is 17.6 Å². The molecule has 0 amide bonds. The van der Waals surface area contributed by atoms with Gasteiger partial charge >= 0.3 is 0 Å². The Kier molecular flexibility index (Phi) is 3.48. The van der Waals surface area contributed by atoms with Crippen molar-refractivity contribution in [2.75, 3.05) is 13.6 Å². The highest BCUT2D eigenvalue weighted by Gasteiger charge is 2.23. The monoisotopic (exact) mass is 232 g/mol. The summed E-state index contributed by atoms with van der Waals surface area (Å²) in [4.78, 5) is 3.81. The smallest absolute Gasteiger partial charge is 0.261 e. The van der Waals surface area contributed by atoms with Crippen molar-refractivity contribution in [2.45, 2.75) is 18.0 Å². The summed E-state index contributed by atoms with van der Waals surface area (Å²) in [5.41, 5.74) is 5.54. The van der Waals surface area contributed by atoms with E-state index in [2.05, 4.69) is 4.98 Å². The van der Waals surface area contributed by atoms with E-state index in [1.807, 2.05) is 0 Å². The first-order valence-electron chi connectivity index (χ1n) is 4.54. The van der Waals surface area contributed by atoms with Gasteiger partial charge in [-0.1, -0.05) is 0 Å². The van der Waals surface area contributed by atoms with Gasteiger partial charge in [-0.3, -0.25) is 0 Å². The number of likely N-dealkylation sites (N-methyl/N-ethyl adjacent to an activating group) is 1. The third-order valence-electron chi connectivity index (χ3n) is 1.90. The van der Waals surface area contributed by atoms with Crippen LogP contribution in [0, 0.1) is 0 Å². The highest BCUT2D eigenvalue weighted by molar-refractivity contribution is 7.89. The van der Waals surface area contributed by atoms with Gasteiger partial charge in [-0.25, -0.2) is 13.4 Å². The summed E-state index contributed by atoms with van der Waals surface area (Å²) in [6.45, 7) is 2.03. The van der Waals surface area contributed by atoms with E-state index < -0.39 is 10.0 Å². The van der Waals surface area contributed by atoms with Crippen molar-refractivity contribution in [1.29, 1.82) is 0 Å². The Balaban J connectivity index is 2.93. The van der Waals surface area contributed by atoms with Crippen molar-refractivity contribution in [3.63, 3.8) is 0 Å². The van der Waals surface area contributed by atoms with Crippen LogP contribution in [0.2, 0.25) is 0 Å². The maximum Gasteiger partial charge on any atom is 0.261 e. The van der Waals surface area contributed by atoms with Crippen LogP contribution in [0.25, 0.3) is 0 Å². The van der Waals surface area contributed by atoms with Crippen LogP contribution >= 0.6 is 0 Å². The van der Waals surface area contributed by atoms with Gasteiger partial charge < -0.3 is 10.3 Å². The highest BCUT2D eigenvalue weighted by Crippen LogP contribution is 2.10. The van der Waals surface area contributed by atoms with Crippen LogP contribution in [0.4, 0.5) is 0 Å². The van der Waals surface area contributed by atoms with Gasteiger partial charge in [-0.2, -0.15) is 4.31 Å². The minimum Gasteiger partial charge on any atom is -0.339 e. The number of sulfonamides is 1. The Hall–Kier alpha value is -0.920. The van der Waals surface area contributed by atoms with Gasteiger partial charge in [0.05, 0.1) is 6.33 Å². The molecule has 1 unspecified atom stereocenters. The first kappa shape index (κ1) is 12.2. The molecule has 0 saturated carbocycles. The van der Waals surface area contributed by atoms with Crippen molar-refractivity contribution < 1.29 is 8.42 Å². The average molecular weight is 232 g/mol. The summed E-state index contributed by atoms with van der Waals surface area (Å²) < 4.78 is 26.5. The standard InChI is InChI=1S/C8H16N4O2S/c1-7(9)4-12(3)15(13,14)8-5-11(2)6-10-8/h5-7H,4,9H2,1-3H3. The fourth-order valence-corrected chi connectivity index (χ4v) is 2.42. The van der Waals surface area contributed by atoms with Gasteiger partial charge in [0.2, 0.25) is 0 Å². The van der Waals surface area contributed by atoms with Crippen LogP contribution in [0.1, 0.15) is 6.92 Å². The number of hydrogen-bond donors (Lipinski definition) is 1. The van der Waals surface area contributed by atoms with Crippen LogP contribution in [-0.4, -0.2) is 41.9 Å². The number of nitrogens with two attached hydrogens (primary N) is 1. The van der Waals surface area contributed by atoms with E-state index in [1.54, 1.807) is 18.5 Å². The second-order valence-corrected chi connectivity index (χ2v) is 5.63. The molecule has 1 rings (SSSR count). The lowest BCUT2D eigenvalue weighted by Gasteiger charge is -2.17. The molecule has 0 spiro atoms. The molecule has 1 atom stereocenters. The van der Waals surface area contributed by atoms with Gasteiger partial charge in [0.1, 0.15) is 0 Å². The molecule has 1 aromatic heterocycles. The molecule has 7 heteroatoms. The second-order valence-electron chi connectivity index (χ2n) is 3.64. The largest absolute Gasteiger partial charge is 0.339 e. The molecule has 15 heavy (non-hydrogen) atoms. The van der Waals surface area contributed by atoms with Crippen LogP contribution < -0.4 is 5.73 Å². The van der Waals surface area contributed by atoms with Crippen LogP contribution in [0.3, 0.4) is 0 Å². The highest BCUT2D eigenvalue weighted by atomic mass is 32.2. The lowest BCUT2D eigenvalue weighted by atomic mass is 10.4. The zero-order chi connectivity index (χ0) is 11.6. The number of aromatic nitrogens is 2. The third-order valence-corrected chi connectivity index (χ3v) is 3.61. The maximum absolute atomic E-state index is 11.9. The van der Waals surface area contributed by atoms with Crippen LogP contribution in [-0.2, 0) is 17.1 Å². The predicted octanol–water partition coefficient (Wildman–Crippen LogP) is -0.612. The molecule has 0 aliphatic carbocycles. The molecule has 0 bridgehead atoms. The molecule has 0 aromatic carbocycles. The van der Waals surface area contributed by atoms with Gasteiger partial charge in [-0.05, 0) is 6.92 Å². The Morgan fingerprint density at radius 2 is 2.27 bits per heavy atom. The summed E-state index contributed by atoms with van der Waals surface area (Å²) >= 11 is 0. The summed E-state index contributed by atoms with van der Waals surface area (Å²) in [5.74, 6) is 0. The first-order chi connectivity index (χ1) is 6.84. The van der Waals surface area contributed by atoms with Crippen LogP contribution in [0.15, 0.2) is 17.6 Å². The lowest BCUT2D eigenvalue weighted by molar-refractivity contribution is 0.443. The number of hydrogen-bond acceptors (Lipinski definition) is 4. The summed E-state index contributed by atoms with van der Waals surface area (Å²) in [5, 5.41) is 0.0492. The van der Waals surface area contributed by atoms with Crippen molar-refractivity contribution in [3.8, 4) is 0 Å². The van der Waals surface area contributed by atoms with Gasteiger partial charge in [0.15, 0.2) is 5.03 Å². The molecule has 1 aromatic rings. The third kappa shape index (κ3) is 2.77. The molecule has 0 radical (unpaired) electrons. The van der Waals surface area contributed by atoms with E-state index in [0.29, 0.717) is 0 Å². The number of imidazole rings is 1. The van der Waals surface area contributed by atoms with E-state index in [9.17, 15) is 8.42 Å². The fourth-order valence-electron chi connectivity index (χ4n) is 1.19. The van der Waals surface area contributed by atoms with E-state index in [4.69, 9.17) is 5.73 Å². The number of nitrogens with zero attached hydrogens (tertiary/aromatic N) is 3. The number of aryl methyl sites for hydroxylation is 1. The molecule has 0 aliphatic heterocycles. The topological polar surface area (TPSA) is 81.2 Å². The molecule has 0 aliphatic rings. The molecule has 2 N–H and O–H groups in total. The first-order valence-corrected chi connectivity index (χ1v) is 5.98. The quantitative estimate of drug-likeness (QED) is 0.750. The average Bonchev–Trinajstić information content (AvgIpc) is 2.50. The fraction of sp³-hybridized carbons (Fsp3) is 0.625. The van der Waals surface area contributed by atoms with Crippen molar-refractivity contribution in [1.82, 2.24) is 13.9 Å². The zero-order valence-corrected chi connectivity index (χ0v) is 9.90. The Bertz CT molecular complexity index is 424. The normalized spacial score (nSPS) is 14.5. The molecule has 1 heterocycles. The minimum absolute atomic E-state index is 0.0492. The zero-order valence-electron chi connectivity index (χ0n) is 9.08. The second kappa shape index (κ2) is 4.30. The predicted molar refractivity (Wildman–Crippen MR) is 56.7 cm³/mol. The Morgan fingerprint density at radius 3 is 2.67 bits per heavy atom. The van der Waals surface area contributed by atoms with E-state index >= 15 is 0 Å². The summed E-state index contributed by atoms with van der Waals surface area (Å²) in [7, 11) is -0.279.